The third-order valence-electron chi connectivity index (χ3n) is 2.93. The topological polar surface area (TPSA) is 62.2 Å². The summed E-state index contributed by atoms with van der Waals surface area (Å²) >= 11 is 7.13. The fraction of sp³-hybridized carbons (Fsp3) is 0.286. The monoisotopic (exact) mass is 328 g/mol. The lowest BCUT2D eigenvalue weighted by atomic mass is 10.1. The summed E-state index contributed by atoms with van der Waals surface area (Å²) in [5, 5.41) is 12.5. The van der Waals surface area contributed by atoms with Gasteiger partial charge in [-0.3, -0.25) is 10.1 Å². The molecule has 2 rings (SSSR count). The SMILES string of the molecule is Cc1cc(CN[C@H](Cc2cc(Cl)ccc2F)C(=O)O)sn1. The smallest absolute Gasteiger partial charge is 0.321 e. The Bertz CT molecular complexity index is 648. The van der Waals surface area contributed by atoms with Gasteiger partial charge in [-0.2, -0.15) is 4.37 Å². The van der Waals surface area contributed by atoms with Crippen LogP contribution >= 0.6 is 23.1 Å². The number of aromatic nitrogens is 1. The van der Waals surface area contributed by atoms with Gasteiger partial charge in [-0.15, -0.1) is 0 Å². The van der Waals surface area contributed by atoms with Gasteiger partial charge >= 0.3 is 5.97 Å². The van der Waals surface area contributed by atoms with Gasteiger partial charge in [0.1, 0.15) is 11.9 Å². The molecule has 112 valence electrons. The van der Waals surface area contributed by atoms with Crippen LogP contribution in [0, 0.1) is 12.7 Å². The Kier molecular flexibility index (Phi) is 5.27. The fourth-order valence-corrected chi connectivity index (χ4v) is 2.77. The summed E-state index contributed by atoms with van der Waals surface area (Å²) in [7, 11) is 0. The first-order valence-electron chi connectivity index (χ1n) is 6.28. The van der Waals surface area contributed by atoms with Crippen molar-refractivity contribution in [3.8, 4) is 0 Å². The molecule has 2 N–H and O–H groups in total. The van der Waals surface area contributed by atoms with Crippen molar-refractivity contribution in [2.24, 2.45) is 0 Å². The largest absolute Gasteiger partial charge is 0.480 e. The summed E-state index contributed by atoms with van der Waals surface area (Å²) in [5.74, 6) is -1.49. The Morgan fingerprint density at radius 3 is 2.90 bits per heavy atom. The summed E-state index contributed by atoms with van der Waals surface area (Å²) in [6.45, 7) is 2.25. The fourth-order valence-electron chi connectivity index (χ4n) is 1.89. The minimum Gasteiger partial charge on any atom is -0.480 e. The number of aliphatic carboxylic acids is 1. The van der Waals surface area contributed by atoms with E-state index in [1.807, 2.05) is 13.0 Å². The molecule has 1 atom stereocenters. The Morgan fingerprint density at radius 2 is 2.29 bits per heavy atom. The maximum absolute atomic E-state index is 13.7. The molecule has 0 spiro atoms. The van der Waals surface area contributed by atoms with Gasteiger partial charge in [0.25, 0.3) is 0 Å². The van der Waals surface area contributed by atoms with Crippen molar-refractivity contribution in [3.05, 3.63) is 51.2 Å². The quantitative estimate of drug-likeness (QED) is 0.855. The maximum Gasteiger partial charge on any atom is 0.321 e. The molecule has 0 aliphatic rings. The van der Waals surface area contributed by atoms with Crippen molar-refractivity contribution in [2.45, 2.75) is 25.9 Å². The zero-order valence-corrected chi connectivity index (χ0v) is 12.8. The molecule has 0 amide bonds. The van der Waals surface area contributed by atoms with Crippen LogP contribution in [-0.4, -0.2) is 21.5 Å². The molecule has 21 heavy (non-hydrogen) atoms. The van der Waals surface area contributed by atoms with Crippen molar-refractivity contribution in [1.82, 2.24) is 9.69 Å². The van der Waals surface area contributed by atoms with Crippen LogP contribution in [-0.2, 0) is 17.8 Å². The molecule has 2 aromatic rings. The van der Waals surface area contributed by atoms with Crippen molar-refractivity contribution in [1.29, 1.82) is 0 Å². The number of rotatable bonds is 6. The van der Waals surface area contributed by atoms with Gasteiger partial charge in [0, 0.05) is 22.9 Å². The van der Waals surface area contributed by atoms with Crippen molar-refractivity contribution >= 4 is 29.1 Å². The summed E-state index contributed by atoms with van der Waals surface area (Å²) in [6, 6.07) is 5.12. The number of halogens is 2. The van der Waals surface area contributed by atoms with E-state index in [9.17, 15) is 14.3 Å². The lowest BCUT2D eigenvalue weighted by molar-refractivity contribution is -0.139. The molecule has 0 unspecified atom stereocenters. The molecule has 0 aliphatic carbocycles. The highest BCUT2D eigenvalue weighted by molar-refractivity contribution is 7.05. The summed E-state index contributed by atoms with van der Waals surface area (Å²) in [5.41, 5.74) is 1.17. The third-order valence-corrected chi connectivity index (χ3v) is 4.04. The van der Waals surface area contributed by atoms with Gasteiger partial charge in [0.05, 0.1) is 5.69 Å². The second-order valence-electron chi connectivity index (χ2n) is 4.65. The minimum atomic E-state index is -1.03. The molecule has 0 radical (unpaired) electrons. The summed E-state index contributed by atoms with van der Waals surface area (Å²) in [6.07, 6.45) is 0.0273. The van der Waals surface area contributed by atoms with E-state index < -0.39 is 17.8 Å². The molecular weight excluding hydrogens is 315 g/mol. The molecule has 1 aromatic heterocycles. The predicted molar refractivity (Wildman–Crippen MR) is 80.2 cm³/mol. The summed E-state index contributed by atoms with van der Waals surface area (Å²) in [4.78, 5) is 12.2. The van der Waals surface area contributed by atoms with Gasteiger partial charge in [-0.1, -0.05) is 11.6 Å². The average Bonchev–Trinajstić information content (AvgIpc) is 2.83. The molecule has 1 aromatic carbocycles. The first-order chi connectivity index (χ1) is 9.95. The average molecular weight is 329 g/mol. The predicted octanol–water partition coefficient (Wildman–Crippen LogP) is 3.03. The maximum atomic E-state index is 13.7. The number of carboxylic acids is 1. The van der Waals surface area contributed by atoms with Crippen LogP contribution in [0.2, 0.25) is 5.02 Å². The lowest BCUT2D eigenvalue weighted by Crippen LogP contribution is -2.38. The van der Waals surface area contributed by atoms with Crippen molar-refractivity contribution < 1.29 is 14.3 Å². The Labute approximate surface area is 130 Å². The minimum absolute atomic E-state index is 0.0273. The van der Waals surface area contributed by atoms with E-state index in [0.717, 1.165) is 10.6 Å². The molecule has 0 saturated heterocycles. The highest BCUT2D eigenvalue weighted by Gasteiger charge is 2.19. The lowest BCUT2D eigenvalue weighted by Gasteiger charge is -2.14. The second kappa shape index (κ2) is 6.98. The number of hydrogen-bond donors (Lipinski definition) is 2. The normalized spacial score (nSPS) is 12.3. The van der Waals surface area contributed by atoms with Gasteiger partial charge in [0.2, 0.25) is 0 Å². The van der Waals surface area contributed by atoms with Crippen LogP contribution in [0.25, 0.3) is 0 Å². The number of nitrogens with zero attached hydrogens (tertiary/aromatic N) is 1. The number of carboxylic acid groups (broad SMARTS) is 1. The molecule has 0 saturated carbocycles. The van der Waals surface area contributed by atoms with Gasteiger partial charge in [0.15, 0.2) is 0 Å². The zero-order chi connectivity index (χ0) is 15.4. The highest BCUT2D eigenvalue weighted by Crippen LogP contribution is 2.17. The number of nitrogens with one attached hydrogen (secondary N) is 1. The highest BCUT2D eigenvalue weighted by atomic mass is 35.5. The molecule has 0 fully saturated rings. The first kappa shape index (κ1) is 15.9. The van der Waals surface area contributed by atoms with Crippen LogP contribution in [0.4, 0.5) is 4.39 Å². The van der Waals surface area contributed by atoms with E-state index >= 15 is 0 Å². The molecule has 0 bridgehead atoms. The second-order valence-corrected chi connectivity index (χ2v) is 5.97. The zero-order valence-electron chi connectivity index (χ0n) is 11.3. The molecule has 4 nitrogen and oxygen atoms in total. The van der Waals surface area contributed by atoms with E-state index in [1.165, 1.54) is 29.7 Å². The van der Waals surface area contributed by atoms with Crippen molar-refractivity contribution in [3.63, 3.8) is 0 Å². The van der Waals surface area contributed by atoms with Gasteiger partial charge in [-0.05, 0) is 48.3 Å². The number of hydrogen-bond acceptors (Lipinski definition) is 4. The number of benzene rings is 1. The Hall–Kier alpha value is -1.50. The van der Waals surface area contributed by atoms with Gasteiger partial charge in [-0.25, -0.2) is 4.39 Å². The number of carbonyl (C=O) groups is 1. The van der Waals surface area contributed by atoms with E-state index in [1.54, 1.807) is 0 Å². The molecule has 0 aliphatic heterocycles. The van der Waals surface area contributed by atoms with Crippen molar-refractivity contribution in [2.75, 3.05) is 0 Å². The number of aryl methyl sites for hydroxylation is 1. The van der Waals surface area contributed by atoms with Crippen LogP contribution in [0.1, 0.15) is 16.1 Å². The van der Waals surface area contributed by atoms with E-state index in [2.05, 4.69) is 9.69 Å². The molecule has 7 heteroatoms. The first-order valence-corrected chi connectivity index (χ1v) is 7.43. The third kappa shape index (κ3) is 4.49. The summed E-state index contributed by atoms with van der Waals surface area (Å²) < 4.78 is 17.8. The molecule has 1 heterocycles. The standard InChI is InChI=1S/C14H14ClFN2O2S/c1-8-4-11(21-18-8)7-17-13(14(19)20)6-9-5-10(15)2-3-12(9)16/h2-5,13,17H,6-7H2,1H3,(H,19,20)/t13-/m1/s1. The van der Waals surface area contributed by atoms with E-state index in [-0.39, 0.29) is 12.0 Å². The Morgan fingerprint density at radius 1 is 1.52 bits per heavy atom. The molecular formula is C14H14ClFN2O2S. The van der Waals surface area contributed by atoms with Crippen LogP contribution in [0.3, 0.4) is 0 Å². The Balaban J connectivity index is 2.05. The van der Waals surface area contributed by atoms with Crippen LogP contribution in [0.5, 0.6) is 0 Å². The van der Waals surface area contributed by atoms with Gasteiger partial charge < -0.3 is 5.11 Å². The van der Waals surface area contributed by atoms with E-state index in [4.69, 9.17) is 11.6 Å². The van der Waals surface area contributed by atoms with Crippen LogP contribution < -0.4 is 5.32 Å². The van der Waals surface area contributed by atoms with Crippen LogP contribution in [0.15, 0.2) is 24.3 Å². The van der Waals surface area contributed by atoms with E-state index in [0.29, 0.717) is 11.6 Å².